The van der Waals surface area contributed by atoms with Crippen LogP contribution in [0.2, 0.25) is 0 Å². The number of benzene rings is 1. The second kappa shape index (κ2) is 5.87. The number of nitrogens with zero attached hydrogens (tertiary/aromatic N) is 1. The Bertz CT molecular complexity index is 420. The van der Waals surface area contributed by atoms with E-state index in [-0.39, 0.29) is 12.2 Å². The molecule has 0 aromatic heterocycles. The third-order valence-corrected chi connectivity index (χ3v) is 3.31. The summed E-state index contributed by atoms with van der Waals surface area (Å²) in [6, 6.07) is 7.97. The molecule has 98 valence electrons. The second-order valence-corrected chi connectivity index (χ2v) is 4.51. The molecule has 1 saturated heterocycles. The van der Waals surface area contributed by atoms with Crippen LogP contribution in [0.25, 0.3) is 0 Å². The van der Waals surface area contributed by atoms with Crippen LogP contribution in [0.4, 0.5) is 10.5 Å². The van der Waals surface area contributed by atoms with E-state index in [4.69, 9.17) is 10.5 Å². The third-order valence-electron chi connectivity index (χ3n) is 3.31. The highest BCUT2D eigenvalue weighted by Gasteiger charge is 2.28. The van der Waals surface area contributed by atoms with Crippen LogP contribution < -0.4 is 10.6 Å². The number of hydrogen-bond acceptors (Lipinski definition) is 3. The van der Waals surface area contributed by atoms with Crippen LogP contribution in [0.5, 0.6) is 0 Å². The van der Waals surface area contributed by atoms with Gasteiger partial charge in [-0.25, -0.2) is 4.79 Å². The maximum Gasteiger partial charge on any atom is 0.414 e. The maximum absolute atomic E-state index is 12.0. The Morgan fingerprint density at radius 2 is 2.22 bits per heavy atom. The van der Waals surface area contributed by atoms with Gasteiger partial charge < -0.3 is 10.5 Å². The van der Waals surface area contributed by atoms with E-state index in [1.165, 1.54) is 5.56 Å². The standard InChI is InChI=1S/C14H20N2O2/c1-2-11-5-3-4-6-13(11)16-10-8-12(7-9-15)18-14(16)17/h3-6,12H,2,7-10,15H2,1H3. The monoisotopic (exact) mass is 248 g/mol. The van der Waals surface area contributed by atoms with Gasteiger partial charge in [-0.3, -0.25) is 4.90 Å². The van der Waals surface area contributed by atoms with Gasteiger partial charge in [0.1, 0.15) is 6.10 Å². The lowest BCUT2D eigenvalue weighted by atomic mass is 10.1. The summed E-state index contributed by atoms with van der Waals surface area (Å²) < 4.78 is 5.40. The van der Waals surface area contributed by atoms with Crippen molar-refractivity contribution >= 4 is 11.8 Å². The minimum absolute atomic E-state index is 0.0208. The highest BCUT2D eigenvalue weighted by Crippen LogP contribution is 2.25. The average molecular weight is 248 g/mol. The lowest BCUT2D eigenvalue weighted by Gasteiger charge is -2.32. The molecule has 0 spiro atoms. The van der Waals surface area contributed by atoms with Crippen LogP contribution in [0.15, 0.2) is 24.3 Å². The zero-order chi connectivity index (χ0) is 13.0. The Balaban J connectivity index is 2.13. The first-order valence-electron chi connectivity index (χ1n) is 6.52. The van der Waals surface area contributed by atoms with Gasteiger partial charge >= 0.3 is 6.09 Å². The highest BCUT2D eigenvalue weighted by atomic mass is 16.6. The van der Waals surface area contributed by atoms with E-state index in [1.54, 1.807) is 4.90 Å². The van der Waals surface area contributed by atoms with Crippen molar-refractivity contribution in [3.63, 3.8) is 0 Å². The number of amides is 1. The molecule has 1 unspecified atom stereocenters. The minimum atomic E-state index is -0.249. The summed E-state index contributed by atoms with van der Waals surface area (Å²) in [7, 11) is 0. The van der Waals surface area contributed by atoms with Gasteiger partial charge in [0.25, 0.3) is 0 Å². The molecule has 1 amide bonds. The predicted molar refractivity (Wildman–Crippen MR) is 71.7 cm³/mol. The zero-order valence-corrected chi connectivity index (χ0v) is 10.8. The minimum Gasteiger partial charge on any atom is -0.446 e. The fourth-order valence-electron chi connectivity index (χ4n) is 2.31. The van der Waals surface area contributed by atoms with Crippen LogP contribution in [-0.2, 0) is 11.2 Å². The van der Waals surface area contributed by atoms with E-state index in [2.05, 4.69) is 13.0 Å². The number of carbonyl (C=O) groups is 1. The smallest absolute Gasteiger partial charge is 0.414 e. The molecule has 1 aromatic carbocycles. The van der Waals surface area contributed by atoms with Gasteiger partial charge in [0.2, 0.25) is 0 Å². The van der Waals surface area contributed by atoms with Gasteiger partial charge in [-0.1, -0.05) is 25.1 Å². The quantitative estimate of drug-likeness (QED) is 0.889. The Labute approximate surface area is 108 Å². The van der Waals surface area contributed by atoms with E-state index in [1.807, 2.05) is 18.2 Å². The van der Waals surface area contributed by atoms with Gasteiger partial charge in [0.05, 0.1) is 5.69 Å². The summed E-state index contributed by atoms with van der Waals surface area (Å²) in [5, 5.41) is 0. The van der Waals surface area contributed by atoms with E-state index in [9.17, 15) is 4.79 Å². The lowest BCUT2D eigenvalue weighted by molar-refractivity contribution is 0.0806. The SMILES string of the molecule is CCc1ccccc1N1CCC(CCN)OC1=O. The Hall–Kier alpha value is -1.55. The van der Waals surface area contributed by atoms with Crippen molar-refractivity contribution in [2.45, 2.75) is 32.3 Å². The molecule has 18 heavy (non-hydrogen) atoms. The van der Waals surface area contributed by atoms with Gasteiger partial charge in [0, 0.05) is 13.0 Å². The van der Waals surface area contributed by atoms with Crippen molar-refractivity contribution in [3.8, 4) is 0 Å². The molecule has 0 bridgehead atoms. The first-order valence-corrected chi connectivity index (χ1v) is 6.52. The molecule has 0 radical (unpaired) electrons. The van der Waals surface area contributed by atoms with Crippen LogP contribution in [0, 0.1) is 0 Å². The average Bonchev–Trinajstić information content (AvgIpc) is 2.39. The Morgan fingerprint density at radius 1 is 1.44 bits per heavy atom. The normalized spacial score (nSPS) is 19.8. The molecule has 1 aromatic rings. The summed E-state index contributed by atoms with van der Waals surface area (Å²) in [4.78, 5) is 13.7. The summed E-state index contributed by atoms with van der Waals surface area (Å²) in [6.45, 7) is 3.36. The van der Waals surface area contributed by atoms with E-state index in [0.29, 0.717) is 13.1 Å². The number of cyclic esters (lactones) is 1. The maximum atomic E-state index is 12.0. The summed E-state index contributed by atoms with van der Waals surface area (Å²) in [5.74, 6) is 0. The van der Waals surface area contributed by atoms with Crippen molar-refractivity contribution in [2.75, 3.05) is 18.0 Å². The van der Waals surface area contributed by atoms with Crippen molar-refractivity contribution in [1.29, 1.82) is 0 Å². The number of ether oxygens (including phenoxy) is 1. The molecule has 0 aliphatic carbocycles. The van der Waals surface area contributed by atoms with Gasteiger partial charge in [-0.05, 0) is 31.0 Å². The number of aryl methyl sites for hydroxylation is 1. The van der Waals surface area contributed by atoms with Crippen molar-refractivity contribution in [1.82, 2.24) is 0 Å². The molecular weight excluding hydrogens is 228 g/mol. The largest absolute Gasteiger partial charge is 0.446 e. The van der Waals surface area contributed by atoms with Crippen molar-refractivity contribution in [3.05, 3.63) is 29.8 Å². The molecule has 2 N–H and O–H groups in total. The first-order chi connectivity index (χ1) is 8.76. The molecule has 4 heteroatoms. The van der Waals surface area contributed by atoms with E-state index in [0.717, 1.165) is 24.9 Å². The summed E-state index contributed by atoms with van der Waals surface area (Å²) >= 11 is 0. The van der Waals surface area contributed by atoms with Gasteiger partial charge in [0.15, 0.2) is 0 Å². The molecule has 4 nitrogen and oxygen atoms in total. The summed E-state index contributed by atoms with van der Waals surface area (Å²) in [6.07, 6.45) is 2.23. The Kier molecular flexibility index (Phi) is 4.20. The number of rotatable bonds is 4. The molecular formula is C14H20N2O2. The summed E-state index contributed by atoms with van der Waals surface area (Å²) in [5.41, 5.74) is 7.63. The number of para-hydroxylation sites is 1. The van der Waals surface area contributed by atoms with Crippen LogP contribution in [0.3, 0.4) is 0 Å². The lowest BCUT2D eigenvalue weighted by Crippen LogP contribution is -2.43. The number of nitrogens with two attached hydrogens (primary N) is 1. The fourth-order valence-corrected chi connectivity index (χ4v) is 2.31. The number of carbonyl (C=O) groups excluding carboxylic acids is 1. The van der Waals surface area contributed by atoms with Crippen molar-refractivity contribution in [2.24, 2.45) is 5.73 Å². The molecule has 2 rings (SSSR count). The molecule has 1 aliphatic rings. The molecule has 1 fully saturated rings. The highest BCUT2D eigenvalue weighted by molar-refractivity contribution is 5.89. The molecule has 1 atom stereocenters. The van der Waals surface area contributed by atoms with Crippen LogP contribution >= 0.6 is 0 Å². The predicted octanol–water partition coefficient (Wildman–Crippen LogP) is 2.31. The van der Waals surface area contributed by atoms with Crippen molar-refractivity contribution < 1.29 is 9.53 Å². The molecule has 0 saturated carbocycles. The Morgan fingerprint density at radius 3 is 2.89 bits per heavy atom. The van der Waals surface area contributed by atoms with Gasteiger partial charge in [-0.15, -0.1) is 0 Å². The zero-order valence-electron chi connectivity index (χ0n) is 10.8. The van der Waals surface area contributed by atoms with E-state index < -0.39 is 0 Å². The van der Waals surface area contributed by atoms with Crippen LogP contribution in [-0.4, -0.2) is 25.3 Å². The topological polar surface area (TPSA) is 55.6 Å². The fraction of sp³-hybridized carbons (Fsp3) is 0.500. The van der Waals surface area contributed by atoms with Crippen LogP contribution in [0.1, 0.15) is 25.3 Å². The third kappa shape index (κ3) is 2.64. The molecule has 1 aliphatic heterocycles. The number of hydrogen-bond donors (Lipinski definition) is 1. The molecule has 1 heterocycles. The number of anilines is 1. The van der Waals surface area contributed by atoms with Gasteiger partial charge in [-0.2, -0.15) is 0 Å². The second-order valence-electron chi connectivity index (χ2n) is 4.51. The first kappa shape index (κ1) is 12.9. The van der Waals surface area contributed by atoms with E-state index >= 15 is 0 Å².